The first-order chi connectivity index (χ1) is 4.63. The van der Waals surface area contributed by atoms with Crippen LogP contribution in [0.1, 0.15) is 56.8 Å². The van der Waals surface area contributed by atoms with E-state index in [1.54, 1.807) is 0 Å². The van der Waals surface area contributed by atoms with E-state index in [-0.39, 0.29) is 27.8 Å². The summed E-state index contributed by atoms with van der Waals surface area (Å²) < 4.78 is 0. The minimum Gasteiger partial charge on any atom is -0.300 e. The third kappa shape index (κ3) is 34.5. The van der Waals surface area contributed by atoms with Crippen LogP contribution in [0.3, 0.4) is 0 Å². The maximum absolute atomic E-state index is 10.2. The lowest BCUT2D eigenvalue weighted by atomic mass is 10.2. The van der Waals surface area contributed by atoms with E-state index in [0.717, 1.165) is 0 Å². The second-order valence-corrected chi connectivity index (χ2v) is 1.90. The lowest BCUT2D eigenvalue weighted by Gasteiger charge is -1.86. The molecular weight excluding hydrogens is 152 g/mol. The highest BCUT2D eigenvalue weighted by molar-refractivity contribution is 5.83. The van der Waals surface area contributed by atoms with Crippen molar-refractivity contribution in [2.75, 3.05) is 0 Å². The zero-order chi connectivity index (χ0) is 8.57. The van der Waals surface area contributed by atoms with Gasteiger partial charge in [0.05, 0.1) is 0 Å². The van der Waals surface area contributed by atoms with Crippen LogP contribution in [-0.4, -0.2) is 11.6 Å². The van der Waals surface area contributed by atoms with Crippen LogP contribution in [0.15, 0.2) is 0 Å². The van der Waals surface area contributed by atoms with Crippen LogP contribution in [0.2, 0.25) is 0 Å². The Morgan fingerprint density at radius 3 is 1.17 bits per heavy atom. The standard InChI is InChI=1S/C6H10O2.C2H6.2CH4.H2/c1-5(7)3-4-6(2)8;1-2;;;/h3-4H2,1-2H3;1-2H3;2*1H4;1H/i;;;;1+1. The van der Waals surface area contributed by atoms with E-state index in [9.17, 15) is 9.59 Å². The lowest BCUT2D eigenvalue weighted by Crippen LogP contribution is -1.95. The molecule has 0 aliphatic heterocycles. The molecule has 12 heavy (non-hydrogen) atoms. The number of hydrogen-bond donors (Lipinski definition) is 0. The molecule has 2 nitrogen and oxygen atoms in total. The minimum atomic E-state index is 0. The average Bonchev–Trinajstić information content (AvgIpc) is 1.89. The molecule has 0 aromatic heterocycles. The van der Waals surface area contributed by atoms with Crippen LogP contribution in [0.4, 0.5) is 0 Å². The van der Waals surface area contributed by atoms with Crippen molar-refractivity contribution in [3.63, 3.8) is 0 Å². The van der Waals surface area contributed by atoms with Crippen molar-refractivity contribution in [3.05, 3.63) is 0 Å². The molecule has 0 bridgehead atoms. The third-order valence-electron chi connectivity index (χ3n) is 0.829. The van der Waals surface area contributed by atoms with Crippen LogP contribution >= 0.6 is 0 Å². The van der Waals surface area contributed by atoms with Gasteiger partial charge in [-0.15, -0.1) is 0 Å². The molecule has 78 valence electrons. The van der Waals surface area contributed by atoms with Gasteiger partial charge in [-0.1, -0.05) is 28.7 Å². The molecule has 0 aromatic rings. The molecule has 0 aromatic carbocycles. The summed E-state index contributed by atoms with van der Waals surface area (Å²) in [6.45, 7) is 6.98. The Morgan fingerprint density at radius 2 is 1.08 bits per heavy atom. The third-order valence-corrected chi connectivity index (χ3v) is 0.829. The summed E-state index contributed by atoms with van der Waals surface area (Å²) >= 11 is 0. The molecule has 0 saturated carbocycles. The van der Waals surface area contributed by atoms with Crippen molar-refractivity contribution >= 4 is 11.6 Å². The number of Topliss-reactive ketones (excluding diaryl/α,β-unsaturated/α-hetero) is 2. The molecule has 0 fully saturated rings. The fourth-order valence-corrected chi connectivity index (χ4v) is 0.352. The molecule has 0 heterocycles. The molecule has 0 spiro atoms. The Morgan fingerprint density at radius 1 is 0.917 bits per heavy atom. The van der Waals surface area contributed by atoms with Crippen LogP contribution < -0.4 is 0 Å². The SMILES string of the molecule is C.C.CC.CC(=O)CCC(C)=O.[2HH]. The molecule has 0 rings (SSSR count). The molecule has 0 amide bonds. The van der Waals surface area contributed by atoms with Crippen LogP contribution in [0.25, 0.3) is 0 Å². The fourth-order valence-electron chi connectivity index (χ4n) is 0.352. The highest BCUT2D eigenvalue weighted by Crippen LogP contribution is 1.89. The van der Waals surface area contributed by atoms with Gasteiger partial charge in [-0.25, -0.2) is 0 Å². The average molecular weight is 179 g/mol. The Labute approximate surface area is 78.8 Å². The molecule has 0 atom stereocenters. The van der Waals surface area contributed by atoms with Crippen LogP contribution in [0, 0.1) is 0 Å². The van der Waals surface area contributed by atoms with E-state index < -0.39 is 0 Å². The van der Waals surface area contributed by atoms with Crippen molar-refractivity contribution in [1.29, 1.82) is 0 Å². The Bertz CT molecular complexity index is 97.5. The monoisotopic (exact) mass is 179 g/mol. The first-order valence-electron chi connectivity index (χ1n) is 3.62. The largest absolute Gasteiger partial charge is 0.300 e. The van der Waals surface area contributed by atoms with Crippen LogP contribution in [0.5, 0.6) is 0 Å². The normalized spacial score (nSPS) is 6.33. The first-order valence-corrected chi connectivity index (χ1v) is 3.62. The summed E-state index contributed by atoms with van der Waals surface area (Å²) in [6.07, 6.45) is 0.796. The van der Waals surface area contributed by atoms with Gasteiger partial charge >= 0.3 is 0 Å². The highest BCUT2D eigenvalue weighted by atomic mass is 16.1. The van der Waals surface area contributed by atoms with Gasteiger partial charge in [0.2, 0.25) is 0 Å². The maximum atomic E-state index is 10.2. The van der Waals surface area contributed by atoms with Gasteiger partial charge in [0, 0.05) is 14.3 Å². The van der Waals surface area contributed by atoms with Crippen molar-refractivity contribution in [1.82, 2.24) is 0 Å². The van der Waals surface area contributed by atoms with Gasteiger partial charge in [0.15, 0.2) is 0 Å². The van der Waals surface area contributed by atoms with Gasteiger partial charge in [-0.2, -0.15) is 0 Å². The maximum Gasteiger partial charge on any atom is 0.130 e. The summed E-state index contributed by atoms with van der Waals surface area (Å²) in [7, 11) is 0. The number of ketones is 2. The van der Waals surface area contributed by atoms with E-state index in [1.165, 1.54) is 13.8 Å². The lowest BCUT2D eigenvalue weighted by molar-refractivity contribution is -0.122. The van der Waals surface area contributed by atoms with E-state index in [1.807, 2.05) is 13.8 Å². The smallest absolute Gasteiger partial charge is 0.130 e. The van der Waals surface area contributed by atoms with E-state index >= 15 is 0 Å². The number of hydrogen-bond acceptors (Lipinski definition) is 2. The topological polar surface area (TPSA) is 34.1 Å². The number of carbonyl (C=O) groups is 2. The molecule has 2 heteroatoms. The second-order valence-electron chi connectivity index (χ2n) is 1.90. The number of rotatable bonds is 3. The molecule has 0 N–H and O–H groups in total. The molecule has 0 aliphatic carbocycles. The summed E-state index contributed by atoms with van der Waals surface area (Å²) in [5.74, 6) is 0.167. The second kappa shape index (κ2) is 16.7. The summed E-state index contributed by atoms with van der Waals surface area (Å²) in [4.78, 5) is 20.4. The Hall–Kier alpha value is -0.660. The summed E-state index contributed by atoms with van der Waals surface area (Å²) in [5.41, 5.74) is 0. The predicted octanol–water partition coefficient (Wildman–Crippen LogP) is 3.49. The van der Waals surface area contributed by atoms with E-state index in [2.05, 4.69) is 0 Å². The first kappa shape index (κ1) is 22.5. The van der Waals surface area contributed by atoms with Crippen molar-refractivity contribution in [2.24, 2.45) is 0 Å². The predicted molar refractivity (Wildman–Crippen MR) is 57.5 cm³/mol. The van der Waals surface area contributed by atoms with Gasteiger partial charge in [-0.05, 0) is 13.8 Å². The zero-order valence-electron chi connectivity index (χ0n) is 7.23. The number of carbonyl (C=O) groups excluding carboxylic acids is 2. The summed E-state index contributed by atoms with van der Waals surface area (Å²) in [6, 6.07) is 0. The highest BCUT2D eigenvalue weighted by Gasteiger charge is 1.95. The van der Waals surface area contributed by atoms with Gasteiger partial charge in [0.25, 0.3) is 0 Å². The van der Waals surface area contributed by atoms with Gasteiger partial charge in [0.1, 0.15) is 11.6 Å². The minimum absolute atomic E-state index is 0. The summed E-state index contributed by atoms with van der Waals surface area (Å²) in [5, 5.41) is 0. The van der Waals surface area contributed by atoms with Crippen LogP contribution in [-0.2, 0) is 9.59 Å². The molecule has 0 radical (unpaired) electrons. The van der Waals surface area contributed by atoms with Crippen molar-refractivity contribution in [3.8, 4) is 0 Å². The van der Waals surface area contributed by atoms with E-state index in [4.69, 9.17) is 0 Å². The van der Waals surface area contributed by atoms with Gasteiger partial charge < -0.3 is 9.59 Å². The molecule has 0 aliphatic rings. The Kier molecular flexibility index (Phi) is 31.4. The molecular formula is C10H26O2. The quantitative estimate of drug-likeness (QED) is 0.664. The zero-order valence-corrected chi connectivity index (χ0v) is 7.23. The van der Waals surface area contributed by atoms with E-state index in [0.29, 0.717) is 12.8 Å². The van der Waals surface area contributed by atoms with Gasteiger partial charge in [-0.3, -0.25) is 0 Å². The van der Waals surface area contributed by atoms with Crippen molar-refractivity contribution in [2.45, 2.75) is 55.4 Å². The molecule has 0 unspecified atom stereocenters. The molecule has 0 saturated heterocycles. The fraction of sp³-hybridized carbons (Fsp3) is 0.800. The Balaban J connectivity index is -0.0000000398. The van der Waals surface area contributed by atoms with Crippen molar-refractivity contribution < 1.29 is 11.0 Å².